The third-order valence-corrected chi connectivity index (χ3v) is 6.09. The Bertz CT molecular complexity index is 756. The molecule has 4 rings (SSSR count). The van der Waals surface area contributed by atoms with Crippen LogP contribution in [-0.2, 0) is 0 Å². The lowest BCUT2D eigenvalue weighted by molar-refractivity contribution is 0.232. The van der Waals surface area contributed by atoms with Crippen LogP contribution in [-0.4, -0.2) is 46.1 Å². The molecule has 0 atom stereocenters. The van der Waals surface area contributed by atoms with Crippen molar-refractivity contribution in [2.45, 2.75) is 46.5 Å². The fourth-order valence-corrected chi connectivity index (χ4v) is 4.62. The van der Waals surface area contributed by atoms with Crippen molar-refractivity contribution in [2.75, 3.05) is 36.0 Å². The molecule has 0 aromatic carbocycles. The van der Waals surface area contributed by atoms with Gasteiger partial charge in [-0.15, -0.1) is 0 Å². The molecule has 0 aliphatic carbocycles. The highest BCUT2D eigenvalue weighted by Gasteiger charge is 2.30. The maximum absolute atomic E-state index is 4.64. The Morgan fingerprint density at radius 1 is 0.778 bits per heavy atom. The van der Waals surface area contributed by atoms with Gasteiger partial charge >= 0.3 is 0 Å². The summed E-state index contributed by atoms with van der Waals surface area (Å²) in [7, 11) is 0. The number of anilines is 2. The molecule has 6 heteroatoms. The van der Waals surface area contributed by atoms with E-state index in [1.54, 1.807) is 0 Å². The fraction of sp³-hybridized carbons (Fsp3) is 0.619. The SMILES string of the molecule is Cc1cc(N2CCC(C3CCN(c4nccc(C)n4)CC3)CC2)nc(C)n1. The summed E-state index contributed by atoms with van der Waals surface area (Å²) in [6.07, 6.45) is 6.93. The van der Waals surface area contributed by atoms with Crippen molar-refractivity contribution >= 4 is 11.8 Å². The molecule has 2 aliphatic heterocycles. The highest BCUT2D eigenvalue weighted by Crippen LogP contribution is 2.34. The number of aryl methyl sites for hydroxylation is 3. The first-order chi connectivity index (χ1) is 13.1. The lowest BCUT2D eigenvalue weighted by Gasteiger charge is -2.40. The van der Waals surface area contributed by atoms with Crippen molar-refractivity contribution in [3.63, 3.8) is 0 Å². The molecule has 0 radical (unpaired) electrons. The summed E-state index contributed by atoms with van der Waals surface area (Å²) in [5.74, 6) is 4.55. The number of piperidine rings is 2. The number of rotatable bonds is 3. The lowest BCUT2D eigenvalue weighted by atomic mass is 9.79. The van der Waals surface area contributed by atoms with Crippen LogP contribution in [0.2, 0.25) is 0 Å². The maximum Gasteiger partial charge on any atom is 0.225 e. The van der Waals surface area contributed by atoms with Crippen LogP contribution in [0.4, 0.5) is 11.8 Å². The summed E-state index contributed by atoms with van der Waals surface area (Å²) in [5.41, 5.74) is 2.11. The summed E-state index contributed by atoms with van der Waals surface area (Å²) in [4.78, 5) is 22.9. The zero-order valence-corrected chi connectivity index (χ0v) is 16.7. The summed E-state index contributed by atoms with van der Waals surface area (Å²) < 4.78 is 0. The van der Waals surface area contributed by atoms with E-state index in [1.807, 2.05) is 26.1 Å². The van der Waals surface area contributed by atoms with Gasteiger partial charge in [-0.25, -0.2) is 19.9 Å². The van der Waals surface area contributed by atoms with E-state index in [-0.39, 0.29) is 0 Å². The first-order valence-corrected chi connectivity index (χ1v) is 10.2. The van der Waals surface area contributed by atoms with Crippen LogP contribution in [0, 0.1) is 32.6 Å². The Morgan fingerprint density at radius 3 is 2.00 bits per heavy atom. The van der Waals surface area contributed by atoms with E-state index in [1.165, 1.54) is 25.7 Å². The Kier molecular flexibility index (Phi) is 5.23. The average Bonchev–Trinajstić information content (AvgIpc) is 2.68. The first kappa shape index (κ1) is 18.1. The molecule has 0 spiro atoms. The van der Waals surface area contributed by atoms with Gasteiger partial charge in [0, 0.05) is 49.8 Å². The topological polar surface area (TPSA) is 58.0 Å². The predicted molar refractivity (Wildman–Crippen MR) is 108 cm³/mol. The zero-order valence-electron chi connectivity index (χ0n) is 16.7. The highest BCUT2D eigenvalue weighted by atomic mass is 15.3. The van der Waals surface area contributed by atoms with Gasteiger partial charge in [-0.05, 0) is 64.4 Å². The lowest BCUT2D eigenvalue weighted by Crippen LogP contribution is -2.41. The quantitative estimate of drug-likeness (QED) is 0.830. The molecule has 144 valence electrons. The van der Waals surface area contributed by atoms with Gasteiger partial charge in [0.2, 0.25) is 5.95 Å². The van der Waals surface area contributed by atoms with Crippen molar-refractivity contribution in [1.82, 2.24) is 19.9 Å². The Balaban J connectivity index is 1.30. The molecule has 0 saturated carbocycles. The summed E-state index contributed by atoms with van der Waals surface area (Å²) in [6.45, 7) is 10.5. The molecular weight excluding hydrogens is 336 g/mol. The van der Waals surface area contributed by atoms with E-state index < -0.39 is 0 Å². The standard InChI is InChI=1S/C21H30N6/c1-15-4-9-22-21(24-15)27-12-7-19(8-13-27)18-5-10-26(11-6-18)20-14-16(2)23-17(3)25-20/h4,9,14,18-19H,5-8,10-13H2,1-3H3. The van der Waals surface area contributed by atoms with Crippen molar-refractivity contribution < 1.29 is 0 Å². The smallest absolute Gasteiger partial charge is 0.225 e. The number of hydrogen-bond acceptors (Lipinski definition) is 6. The van der Waals surface area contributed by atoms with Gasteiger partial charge in [-0.1, -0.05) is 0 Å². The molecule has 0 bridgehead atoms. The second-order valence-corrected chi connectivity index (χ2v) is 8.06. The minimum absolute atomic E-state index is 0.835. The second kappa shape index (κ2) is 7.79. The van der Waals surface area contributed by atoms with Crippen LogP contribution >= 0.6 is 0 Å². The summed E-state index contributed by atoms with van der Waals surface area (Å²) >= 11 is 0. The molecule has 0 unspecified atom stereocenters. The van der Waals surface area contributed by atoms with E-state index in [0.717, 1.165) is 67.0 Å². The van der Waals surface area contributed by atoms with E-state index in [9.17, 15) is 0 Å². The molecule has 2 aromatic heterocycles. The van der Waals surface area contributed by atoms with Crippen LogP contribution in [0.15, 0.2) is 18.3 Å². The van der Waals surface area contributed by atoms with Gasteiger partial charge in [0.15, 0.2) is 0 Å². The minimum atomic E-state index is 0.835. The van der Waals surface area contributed by atoms with Crippen LogP contribution in [0.25, 0.3) is 0 Å². The highest BCUT2D eigenvalue weighted by molar-refractivity contribution is 5.40. The van der Waals surface area contributed by atoms with Crippen molar-refractivity contribution in [2.24, 2.45) is 11.8 Å². The average molecular weight is 367 g/mol. The third kappa shape index (κ3) is 4.20. The predicted octanol–water partition coefficient (Wildman–Crippen LogP) is 3.32. The second-order valence-electron chi connectivity index (χ2n) is 8.06. The van der Waals surface area contributed by atoms with Crippen LogP contribution in [0.1, 0.15) is 42.9 Å². The normalized spacial score (nSPS) is 19.5. The molecule has 2 aromatic rings. The van der Waals surface area contributed by atoms with Gasteiger partial charge in [0.05, 0.1) is 0 Å². The van der Waals surface area contributed by atoms with Crippen molar-refractivity contribution in [3.8, 4) is 0 Å². The van der Waals surface area contributed by atoms with E-state index in [2.05, 4.69) is 42.7 Å². The molecule has 27 heavy (non-hydrogen) atoms. The molecule has 0 N–H and O–H groups in total. The maximum atomic E-state index is 4.64. The third-order valence-electron chi connectivity index (χ3n) is 6.09. The van der Waals surface area contributed by atoms with Crippen molar-refractivity contribution in [3.05, 3.63) is 35.5 Å². The molecule has 2 saturated heterocycles. The largest absolute Gasteiger partial charge is 0.356 e. The number of aromatic nitrogens is 4. The molecule has 2 aliphatic rings. The fourth-order valence-electron chi connectivity index (χ4n) is 4.62. The van der Waals surface area contributed by atoms with Gasteiger partial charge in [0.1, 0.15) is 11.6 Å². The zero-order chi connectivity index (χ0) is 18.8. The van der Waals surface area contributed by atoms with Crippen LogP contribution in [0.5, 0.6) is 0 Å². The van der Waals surface area contributed by atoms with Gasteiger partial charge in [-0.2, -0.15) is 0 Å². The summed E-state index contributed by atoms with van der Waals surface area (Å²) in [6, 6.07) is 4.08. The summed E-state index contributed by atoms with van der Waals surface area (Å²) in [5, 5.41) is 0. The molecule has 0 amide bonds. The Morgan fingerprint density at radius 2 is 1.41 bits per heavy atom. The Hall–Kier alpha value is -2.24. The van der Waals surface area contributed by atoms with Crippen LogP contribution in [0.3, 0.4) is 0 Å². The van der Waals surface area contributed by atoms with E-state index in [4.69, 9.17) is 0 Å². The number of hydrogen-bond donors (Lipinski definition) is 0. The van der Waals surface area contributed by atoms with Gasteiger partial charge in [0.25, 0.3) is 0 Å². The molecular formula is C21H30N6. The first-order valence-electron chi connectivity index (χ1n) is 10.2. The van der Waals surface area contributed by atoms with Crippen molar-refractivity contribution in [1.29, 1.82) is 0 Å². The van der Waals surface area contributed by atoms with Gasteiger partial charge < -0.3 is 9.80 Å². The molecule has 6 nitrogen and oxygen atoms in total. The van der Waals surface area contributed by atoms with E-state index >= 15 is 0 Å². The van der Waals surface area contributed by atoms with Crippen LogP contribution < -0.4 is 9.80 Å². The number of nitrogens with zero attached hydrogens (tertiary/aromatic N) is 6. The Labute approximate surface area is 162 Å². The molecule has 2 fully saturated rings. The van der Waals surface area contributed by atoms with Gasteiger partial charge in [-0.3, -0.25) is 0 Å². The molecule has 4 heterocycles. The minimum Gasteiger partial charge on any atom is -0.356 e. The van der Waals surface area contributed by atoms with E-state index in [0.29, 0.717) is 0 Å². The monoisotopic (exact) mass is 366 g/mol.